The van der Waals surface area contributed by atoms with Crippen LogP contribution in [0.1, 0.15) is 17.5 Å². The third kappa shape index (κ3) is 5.17. The fraction of sp³-hybridized carbons (Fsp3) is 0.318. The summed E-state index contributed by atoms with van der Waals surface area (Å²) in [6.07, 6.45) is 0.740. The normalized spacial score (nSPS) is 17.6. The predicted molar refractivity (Wildman–Crippen MR) is 105 cm³/mol. The van der Waals surface area contributed by atoms with E-state index in [1.807, 2.05) is 36.4 Å². The Morgan fingerprint density at radius 1 is 1.14 bits per heavy atom. The van der Waals surface area contributed by atoms with Gasteiger partial charge in [0.05, 0.1) is 17.7 Å². The van der Waals surface area contributed by atoms with Gasteiger partial charge in [-0.3, -0.25) is 4.79 Å². The summed E-state index contributed by atoms with van der Waals surface area (Å²) < 4.78 is 5.54. The molecule has 3 rings (SSSR count). The summed E-state index contributed by atoms with van der Waals surface area (Å²) in [5.41, 5.74) is 3.64. The third-order valence-corrected chi connectivity index (χ3v) is 4.65. The van der Waals surface area contributed by atoms with Crippen LogP contribution in [0, 0.1) is 22.7 Å². The van der Waals surface area contributed by atoms with Crippen LogP contribution < -0.4 is 10.6 Å². The zero-order chi connectivity index (χ0) is 19.8. The molecule has 2 N–H and O–H groups in total. The molecule has 2 atom stereocenters. The van der Waals surface area contributed by atoms with Gasteiger partial charge in [-0.05, 0) is 41.8 Å². The number of ether oxygens (including phenoxy) is 1. The molecule has 2 aromatic carbocycles. The van der Waals surface area contributed by atoms with E-state index in [1.54, 1.807) is 12.1 Å². The molecule has 1 unspecified atom stereocenters. The molecule has 6 heteroatoms. The van der Waals surface area contributed by atoms with Gasteiger partial charge in [0.25, 0.3) is 5.91 Å². The number of nitrogens with zero attached hydrogens (tertiary/aromatic N) is 2. The number of carbonyl (C=O) groups excluding carboxylic acids is 1. The van der Waals surface area contributed by atoms with Gasteiger partial charge >= 0.3 is 0 Å². The molecule has 6 nitrogen and oxygen atoms in total. The minimum absolute atomic E-state index is 0.254. The van der Waals surface area contributed by atoms with Gasteiger partial charge in [0.15, 0.2) is 0 Å². The minimum Gasteiger partial charge on any atom is -0.367 e. The Labute approximate surface area is 164 Å². The fourth-order valence-corrected chi connectivity index (χ4v) is 3.08. The number of amides is 1. The van der Waals surface area contributed by atoms with E-state index in [4.69, 9.17) is 10.00 Å². The second-order valence-corrected chi connectivity index (χ2v) is 6.70. The van der Waals surface area contributed by atoms with Crippen molar-refractivity contribution in [3.63, 3.8) is 0 Å². The maximum Gasteiger partial charge on any atom is 0.251 e. The Morgan fingerprint density at radius 3 is 2.46 bits per heavy atom. The molecule has 1 heterocycles. The van der Waals surface area contributed by atoms with Gasteiger partial charge in [-0.15, -0.1) is 0 Å². The molecule has 2 aromatic rings. The lowest BCUT2D eigenvalue weighted by atomic mass is 10.00. The van der Waals surface area contributed by atoms with Gasteiger partial charge in [0.2, 0.25) is 0 Å². The first-order chi connectivity index (χ1) is 13.7. The molecule has 28 heavy (non-hydrogen) atoms. The molecule has 1 fully saturated rings. The van der Waals surface area contributed by atoms with Crippen LogP contribution in [0.5, 0.6) is 0 Å². The molecule has 0 radical (unpaired) electrons. The molecule has 1 saturated heterocycles. The summed E-state index contributed by atoms with van der Waals surface area (Å²) in [4.78, 5) is 12.4. The number of hydrogen-bond donors (Lipinski definition) is 2. The summed E-state index contributed by atoms with van der Waals surface area (Å²) >= 11 is 0. The van der Waals surface area contributed by atoms with Gasteiger partial charge in [0, 0.05) is 19.6 Å². The summed E-state index contributed by atoms with van der Waals surface area (Å²) in [6.45, 7) is 1.83. The van der Waals surface area contributed by atoms with Gasteiger partial charge < -0.3 is 15.4 Å². The predicted octanol–water partition coefficient (Wildman–Crippen LogP) is 2.15. The van der Waals surface area contributed by atoms with Crippen LogP contribution >= 0.6 is 0 Å². The van der Waals surface area contributed by atoms with Crippen LogP contribution in [0.3, 0.4) is 0 Å². The van der Waals surface area contributed by atoms with Crippen molar-refractivity contribution in [2.45, 2.75) is 25.0 Å². The highest BCUT2D eigenvalue weighted by atomic mass is 16.5. The van der Waals surface area contributed by atoms with E-state index in [-0.39, 0.29) is 5.91 Å². The Hall–Kier alpha value is -3.19. The Bertz CT molecular complexity index is 871. The van der Waals surface area contributed by atoms with Crippen LogP contribution in [0.15, 0.2) is 48.5 Å². The molecule has 0 aromatic heterocycles. The number of benzene rings is 2. The molecule has 0 saturated carbocycles. The van der Waals surface area contributed by atoms with E-state index < -0.39 is 12.1 Å². The molecule has 1 aliphatic heterocycles. The van der Waals surface area contributed by atoms with E-state index in [0.29, 0.717) is 25.1 Å². The van der Waals surface area contributed by atoms with Crippen LogP contribution in [-0.4, -0.2) is 37.7 Å². The van der Waals surface area contributed by atoms with Gasteiger partial charge in [-0.2, -0.15) is 10.5 Å². The lowest BCUT2D eigenvalue weighted by molar-refractivity contribution is -0.132. The van der Waals surface area contributed by atoms with Crippen LogP contribution in [0.4, 0.5) is 0 Å². The van der Waals surface area contributed by atoms with Gasteiger partial charge in [-0.1, -0.05) is 36.4 Å². The number of nitrogens with one attached hydrogen (secondary N) is 2. The highest BCUT2D eigenvalue weighted by Gasteiger charge is 2.23. The third-order valence-electron chi connectivity index (χ3n) is 4.65. The first-order valence-electron chi connectivity index (χ1n) is 9.31. The van der Waals surface area contributed by atoms with Gasteiger partial charge in [-0.25, -0.2) is 0 Å². The number of rotatable bonds is 5. The number of nitriles is 2. The quantitative estimate of drug-likeness (QED) is 0.836. The monoisotopic (exact) mass is 374 g/mol. The SMILES string of the molecule is N#Cc1ccc(-c2ccc(CC(C#N)NC(=O)[C@H]3CNCCCO3)cc2)cc1. The number of hydrogen-bond acceptors (Lipinski definition) is 5. The molecular weight excluding hydrogens is 352 g/mol. The smallest absolute Gasteiger partial charge is 0.251 e. The second-order valence-electron chi connectivity index (χ2n) is 6.70. The van der Waals surface area contributed by atoms with Crippen molar-refractivity contribution in [1.29, 1.82) is 10.5 Å². The van der Waals surface area contributed by atoms with Crippen molar-refractivity contribution in [2.24, 2.45) is 0 Å². The van der Waals surface area contributed by atoms with Crippen molar-refractivity contribution in [2.75, 3.05) is 19.7 Å². The maximum atomic E-state index is 12.4. The minimum atomic E-state index is -0.611. The molecule has 0 aliphatic carbocycles. The average molecular weight is 374 g/mol. The van der Waals surface area contributed by atoms with E-state index in [0.717, 1.165) is 29.7 Å². The zero-order valence-electron chi connectivity index (χ0n) is 15.5. The van der Waals surface area contributed by atoms with Crippen molar-refractivity contribution in [3.05, 3.63) is 59.7 Å². The molecule has 142 valence electrons. The fourth-order valence-electron chi connectivity index (χ4n) is 3.08. The summed E-state index contributed by atoms with van der Waals surface area (Å²) in [5, 5.41) is 24.2. The topological polar surface area (TPSA) is 97.9 Å². The second kappa shape index (κ2) is 9.66. The maximum absolute atomic E-state index is 12.4. The highest BCUT2D eigenvalue weighted by Crippen LogP contribution is 2.20. The standard InChI is InChI=1S/C22H22N4O2/c23-13-17-4-8-19(9-5-17)18-6-2-16(3-7-18)12-20(14-24)26-22(27)21-15-25-10-1-11-28-21/h2-9,20-21,25H,1,10-12,15H2,(H,26,27)/t20?,21-/m1/s1. The van der Waals surface area contributed by atoms with E-state index >= 15 is 0 Å². The van der Waals surface area contributed by atoms with Gasteiger partial charge in [0.1, 0.15) is 12.1 Å². The first kappa shape index (κ1) is 19.6. The molecule has 0 spiro atoms. The van der Waals surface area contributed by atoms with Crippen LogP contribution in [0.25, 0.3) is 11.1 Å². The molecular formula is C22H22N4O2. The van der Waals surface area contributed by atoms with Crippen LogP contribution in [-0.2, 0) is 16.0 Å². The lowest BCUT2D eigenvalue weighted by Crippen LogP contribution is -2.46. The van der Waals surface area contributed by atoms with E-state index in [1.165, 1.54) is 0 Å². The molecule has 1 aliphatic rings. The highest BCUT2D eigenvalue weighted by molar-refractivity contribution is 5.81. The summed E-state index contributed by atoms with van der Waals surface area (Å²) in [5.74, 6) is -0.254. The Balaban J connectivity index is 1.60. The average Bonchev–Trinajstić information content (AvgIpc) is 3.03. The van der Waals surface area contributed by atoms with Crippen molar-refractivity contribution in [3.8, 4) is 23.3 Å². The summed E-state index contributed by atoms with van der Waals surface area (Å²) in [7, 11) is 0. The molecule has 0 bridgehead atoms. The van der Waals surface area contributed by atoms with E-state index in [2.05, 4.69) is 22.8 Å². The zero-order valence-corrected chi connectivity index (χ0v) is 15.5. The first-order valence-corrected chi connectivity index (χ1v) is 9.31. The number of carbonyl (C=O) groups is 1. The van der Waals surface area contributed by atoms with Crippen molar-refractivity contribution < 1.29 is 9.53 Å². The van der Waals surface area contributed by atoms with Crippen molar-refractivity contribution in [1.82, 2.24) is 10.6 Å². The lowest BCUT2D eigenvalue weighted by Gasteiger charge is -2.18. The Kier molecular flexibility index (Phi) is 6.75. The largest absolute Gasteiger partial charge is 0.367 e. The molecule has 1 amide bonds. The van der Waals surface area contributed by atoms with E-state index in [9.17, 15) is 10.1 Å². The Morgan fingerprint density at radius 2 is 1.82 bits per heavy atom. The van der Waals surface area contributed by atoms with Crippen LogP contribution in [0.2, 0.25) is 0 Å². The van der Waals surface area contributed by atoms with Crippen molar-refractivity contribution >= 4 is 5.91 Å². The summed E-state index contributed by atoms with van der Waals surface area (Å²) in [6, 6.07) is 18.9.